The van der Waals surface area contributed by atoms with Crippen molar-refractivity contribution in [3.8, 4) is 5.75 Å². The lowest BCUT2D eigenvalue weighted by atomic mass is 10.2. The standard InChI is InChI=1S/C21H18ClFO3S/c1-2-3-17-8-11-21(27-17)19(24)9-7-15-5-6-16(26-15)13-25-20-10-4-14(23)12-18(20)22/h4-12H,2-3,13H2,1H3/b9-7+. The average molecular weight is 405 g/mol. The van der Waals surface area contributed by atoms with Gasteiger partial charge in [-0.25, -0.2) is 4.39 Å². The van der Waals surface area contributed by atoms with Crippen molar-refractivity contribution < 1.29 is 18.3 Å². The number of rotatable bonds is 8. The molecule has 0 spiro atoms. The number of benzene rings is 1. The Kier molecular flexibility index (Phi) is 6.48. The van der Waals surface area contributed by atoms with E-state index in [-0.39, 0.29) is 17.4 Å². The molecule has 0 radical (unpaired) electrons. The molecule has 3 rings (SSSR count). The Morgan fingerprint density at radius 3 is 2.89 bits per heavy atom. The van der Waals surface area contributed by atoms with Crippen LogP contribution in [0.1, 0.15) is 39.4 Å². The van der Waals surface area contributed by atoms with Crippen LogP contribution in [0.3, 0.4) is 0 Å². The van der Waals surface area contributed by atoms with Gasteiger partial charge in [-0.1, -0.05) is 24.9 Å². The number of carbonyl (C=O) groups is 1. The summed E-state index contributed by atoms with van der Waals surface area (Å²) >= 11 is 7.45. The third kappa shape index (κ3) is 5.31. The second kappa shape index (κ2) is 9.02. The number of thiophene rings is 1. The van der Waals surface area contributed by atoms with E-state index in [9.17, 15) is 9.18 Å². The Bertz CT molecular complexity index is 958. The molecule has 3 nitrogen and oxygen atoms in total. The fraction of sp³-hybridized carbons (Fsp3) is 0.190. The first-order chi connectivity index (χ1) is 13.0. The van der Waals surface area contributed by atoms with Gasteiger partial charge >= 0.3 is 0 Å². The van der Waals surface area contributed by atoms with Gasteiger partial charge in [0.05, 0.1) is 9.90 Å². The minimum absolute atomic E-state index is 0.0466. The molecular formula is C21H18ClFO3S. The molecule has 0 aliphatic rings. The summed E-state index contributed by atoms with van der Waals surface area (Å²) in [7, 11) is 0. The molecule has 1 aromatic carbocycles. The van der Waals surface area contributed by atoms with Gasteiger partial charge < -0.3 is 9.15 Å². The zero-order valence-corrected chi connectivity index (χ0v) is 16.3. The Hall–Kier alpha value is -2.37. The topological polar surface area (TPSA) is 39.4 Å². The highest BCUT2D eigenvalue weighted by molar-refractivity contribution is 7.14. The fourth-order valence-electron chi connectivity index (χ4n) is 2.43. The molecule has 27 heavy (non-hydrogen) atoms. The molecule has 2 heterocycles. The largest absolute Gasteiger partial charge is 0.484 e. The summed E-state index contributed by atoms with van der Waals surface area (Å²) in [5.41, 5.74) is 0. The van der Waals surface area contributed by atoms with Crippen LogP contribution in [0.4, 0.5) is 4.39 Å². The highest BCUT2D eigenvalue weighted by Gasteiger charge is 2.08. The molecule has 0 atom stereocenters. The first-order valence-corrected chi connectivity index (χ1v) is 9.72. The van der Waals surface area contributed by atoms with Crippen molar-refractivity contribution >= 4 is 34.8 Å². The van der Waals surface area contributed by atoms with Crippen molar-refractivity contribution in [2.24, 2.45) is 0 Å². The van der Waals surface area contributed by atoms with Gasteiger partial charge in [-0.3, -0.25) is 4.79 Å². The summed E-state index contributed by atoms with van der Waals surface area (Å²) in [5.74, 6) is 1.04. The molecular weight excluding hydrogens is 387 g/mol. The molecule has 0 bridgehead atoms. The van der Waals surface area contributed by atoms with Crippen LogP contribution in [0, 0.1) is 5.82 Å². The van der Waals surface area contributed by atoms with Crippen molar-refractivity contribution in [2.45, 2.75) is 26.4 Å². The lowest BCUT2D eigenvalue weighted by molar-refractivity contribution is 0.105. The number of furan rings is 1. The molecule has 0 saturated heterocycles. The van der Waals surface area contributed by atoms with Gasteiger partial charge in [0.1, 0.15) is 29.7 Å². The van der Waals surface area contributed by atoms with Crippen LogP contribution >= 0.6 is 22.9 Å². The second-order valence-corrected chi connectivity index (χ2v) is 7.46. The maximum Gasteiger partial charge on any atom is 0.195 e. The second-order valence-electron chi connectivity index (χ2n) is 5.88. The zero-order valence-electron chi connectivity index (χ0n) is 14.7. The molecule has 0 fully saturated rings. The van der Waals surface area contributed by atoms with Crippen LogP contribution in [-0.2, 0) is 13.0 Å². The summed E-state index contributed by atoms with van der Waals surface area (Å²) in [6.45, 7) is 2.27. The van der Waals surface area contributed by atoms with E-state index in [1.807, 2.05) is 12.1 Å². The maximum absolute atomic E-state index is 13.0. The van der Waals surface area contributed by atoms with E-state index in [1.54, 1.807) is 18.2 Å². The first-order valence-electron chi connectivity index (χ1n) is 8.53. The van der Waals surface area contributed by atoms with Crippen LogP contribution in [0.5, 0.6) is 5.75 Å². The molecule has 0 amide bonds. The van der Waals surface area contributed by atoms with Gasteiger partial charge in [0.15, 0.2) is 5.78 Å². The Morgan fingerprint density at radius 1 is 1.26 bits per heavy atom. The van der Waals surface area contributed by atoms with Crippen LogP contribution in [-0.4, -0.2) is 5.78 Å². The summed E-state index contributed by atoms with van der Waals surface area (Å²) in [6.07, 6.45) is 5.18. The monoisotopic (exact) mass is 404 g/mol. The van der Waals surface area contributed by atoms with E-state index in [2.05, 4.69) is 6.92 Å². The lowest BCUT2D eigenvalue weighted by Gasteiger charge is -2.05. The van der Waals surface area contributed by atoms with Crippen LogP contribution < -0.4 is 4.74 Å². The minimum atomic E-state index is -0.421. The highest BCUT2D eigenvalue weighted by Crippen LogP contribution is 2.26. The maximum atomic E-state index is 13.0. The minimum Gasteiger partial charge on any atom is -0.484 e. The molecule has 6 heteroatoms. The van der Waals surface area contributed by atoms with Crippen molar-refractivity contribution in [1.82, 2.24) is 0 Å². The number of halogens is 2. The summed E-state index contributed by atoms with van der Waals surface area (Å²) in [5, 5.41) is 0.200. The molecule has 0 saturated carbocycles. The van der Waals surface area contributed by atoms with E-state index < -0.39 is 5.82 Å². The number of hydrogen-bond acceptors (Lipinski definition) is 4. The number of ether oxygens (including phenoxy) is 1. The zero-order chi connectivity index (χ0) is 19.2. The Balaban J connectivity index is 1.58. The molecule has 2 aromatic heterocycles. The van der Waals surface area contributed by atoms with E-state index >= 15 is 0 Å². The number of allylic oxidation sites excluding steroid dienone is 1. The van der Waals surface area contributed by atoms with Crippen LogP contribution in [0.25, 0.3) is 6.08 Å². The van der Waals surface area contributed by atoms with Gasteiger partial charge in [-0.15, -0.1) is 11.3 Å². The lowest BCUT2D eigenvalue weighted by Crippen LogP contribution is -1.94. The van der Waals surface area contributed by atoms with E-state index in [0.29, 0.717) is 17.3 Å². The molecule has 0 N–H and O–H groups in total. The van der Waals surface area contributed by atoms with E-state index in [0.717, 1.165) is 17.7 Å². The first kappa shape index (κ1) is 19.4. The molecule has 0 unspecified atom stereocenters. The smallest absolute Gasteiger partial charge is 0.195 e. The number of hydrogen-bond donors (Lipinski definition) is 0. The van der Waals surface area contributed by atoms with Crippen molar-refractivity contribution in [1.29, 1.82) is 0 Å². The van der Waals surface area contributed by atoms with Crippen molar-refractivity contribution in [3.63, 3.8) is 0 Å². The highest BCUT2D eigenvalue weighted by atomic mass is 35.5. The van der Waals surface area contributed by atoms with Crippen LogP contribution in [0.15, 0.2) is 53.0 Å². The fourth-order valence-corrected chi connectivity index (χ4v) is 3.69. The molecule has 140 valence electrons. The summed E-state index contributed by atoms with van der Waals surface area (Å²) in [4.78, 5) is 14.2. The van der Waals surface area contributed by atoms with Crippen molar-refractivity contribution in [3.05, 3.63) is 80.7 Å². The van der Waals surface area contributed by atoms with E-state index in [1.165, 1.54) is 40.5 Å². The van der Waals surface area contributed by atoms with Gasteiger partial charge in [0.2, 0.25) is 0 Å². The number of carbonyl (C=O) groups excluding carboxylic acids is 1. The third-order valence-corrected chi connectivity index (χ3v) is 5.20. The van der Waals surface area contributed by atoms with Gasteiger partial charge in [0, 0.05) is 4.88 Å². The Morgan fingerprint density at radius 2 is 2.11 bits per heavy atom. The predicted octanol–water partition coefficient (Wildman–Crippen LogP) is 6.56. The quantitative estimate of drug-likeness (QED) is 0.315. The number of aryl methyl sites for hydroxylation is 1. The van der Waals surface area contributed by atoms with Crippen LogP contribution in [0.2, 0.25) is 5.02 Å². The van der Waals surface area contributed by atoms with Gasteiger partial charge in [-0.2, -0.15) is 0 Å². The molecule has 3 aromatic rings. The number of ketones is 1. The van der Waals surface area contributed by atoms with Gasteiger partial charge in [0.25, 0.3) is 0 Å². The average Bonchev–Trinajstić information content (AvgIpc) is 3.29. The third-order valence-electron chi connectivity index (χ3n) is 3.75. The molecule has 0 aliphatic heterocycles. The summed E-state index contributed by atoms with van der Waals surface area (Å²) < 4.78 is 24.2. The normalized spacial score (nSPS) is 11.2. The van der Waals surface area contributed by atoms with Crippen molar-refractivity contribution in [2.75, 3.05) is 0 Å². The van der Waals surface area contributed by atoms with E-state index in [4.69, 9.17) is 20.8 Å². The van der Waals surface area contributed by atoms with Gasteiger partial charge in [-0.05, 0) is 61.0 Å². The Labute approximate surface area is 166 Å². The molecule has 0 aliphatic carbocycles. The SMILES string of the molecule is CCCc1ccc(C(=O)/C=C/c2ccc(COc3ccc(F)cc3Cl)o2)s1. The summed E-state index contributed by atoms with van der Waals surface area (Å²) in [6, 6.07) is 11.3. The predicted molar refractivity (Wildman–Crippen MR) is 106 cm³/mol.